The van der Waals surface area contributed by atoms with Crippen molar-refractivity contribution in [3.63, 3.8) is 0 Å². The lowest BCUT2D eigenvalue weighted by atomic mass is 9.95. The molecule has 0 saturated carbocycles. The zero-order chi connectivity index (χ0) is 25.0. The Kier molecular flexibility index (Phi) is 7.17. The van der Waals surface area contributed by atoms with Crippen LogP contribution in [0.25, 0.3) is 22.4 Å². The first-order chi connectivity index (χ1) is 16.7. The molecule has 0 spiro atoms. The number of ether oxygens (including phenoxy) is 1. The number of nitrogens with two attached hydrogens (primary N) is 1. The molecule has 1 heterocycles. The number of rotatable bonds is 7. The van der Waals surface area contributed by atoms with Crippen LogP contribution in [0, 0.1) is 6.92 Å². The van der Waals surface area contributed by atoms with E-state index in [1.807, 2.05) is 56.3 Å². The standard InChI is InChI=1S/C28H26F3N3O/c1-18-6-5-7-22(14-18)23-8-3-4-9-24(23)27(28(29,30)31)35-26-17-33-25(16-34-26)21-12-10-20(11-13-21)15-19(2)32/h3-14,16-17,19,27H,15,32H2,1-2H3/t19-,27?/m0/s1. The quantitative estimate of drug-likeness (QED) is 0.322. The van der Waals surface area contributed by atoms with Crippen molar-refractivity contribution < 1.29 is 17.9 Å². The lowest BCUT2D eigenvalue weighted by molar-refractivity contribution is -0.198. The first-order valence-electron chi connectivity index (χ1n) is 11.3. The number of aromatic nitrogens is 2. The number of benzene rings is 3. The summed E-state index contributed by atoms with van der Waals surface area (Å²) in [7, 11) is 0. The molecule has 4 rings (SSSR count). The van der Waals surface area contributed by atoms with Gasteiger partial charge in [0, 0.05) is 17.2 Å². The largest absolute Gasteiger partial charge is 0.459 e. The van der Waals surface area contributed by atoms with Crippen molar-refractivity contribution in [1.82, 2.24) is 9.97 Å². The van der Waals surface area contributed by atoms with Gasteiger partial charge >= 0.3 is 6.18 Å². The zero-order valence-corrected chi connectivity index (χ0v) is 19.5. The van der Waals surface area contributed by atoms with E-state index in [9.17, 15) is 13.2 Å². The van der Waals surface area contributed by atoms with Crippen LogP contribution in [0.5, 0.6) is 5.88 Å². The molecule has 0 fully saturated rings. The molecule has 1 unspecified atom stereocenters. The first kappa shape index (κ1) is 24.4. The molecule has 0 amide bonds. The Labute approximate surface area is 202 Å². The fourth-order valence-corrected chi connectivity index (χ4v) is 3.94. The molecule has 1 aromatic heterocycles. The van der Waals surface area contributed by atoms with E-state index >= 15 is 0 Å². The van der Waals surface area contributed by atoms with E-state index in [1.54, 1.807) is 24.3 Å². The molecule has 35 heavy (non-hydrogen) atoms. The molecule has 2 atom stereocenters. The highest BCUT2D eigenvalue weighted by atomic mass is 19.4. The minimum absolute atomic E-state index is 0.0150. The van der Waals surface area contributed by atoms with Crippen LogP contribution in [0.2, 0.25) is 0 Å². The smallest absolute Gasteiger partial charge is 0.429 e. The van der Waals surface area contributed by atoms with Crippen LogP contribution in [-0.4, -0.2) is 22.2 Å². The molecule has 0 saturated heterocycles. The number of nitrogens with zero attached hydrogens (tertiary/aromatic N) is 2. The van der Waals surface area contributed by atoms with Gasteiger partial charge in [0.2, 0.25) is 12.0 Å². The average molecular weight is 478 g/mol. The number of aryl methyl sites for hydroxylation is 1. The normalized spacial score (nSPS) is 13.3. The van der Waals surface area contributed by atoms with Gasteiger partial charge in [0.1, 0.15) is 0 Å². The number of alkyl halides is 3. The van der Waals surface area contributed by atoms with Gasteiger partial charge in [-0.1, -0.05) is 78.4 Å². The predicted molar refractivity (Wildman–Crippen MR) is 131 cm³/mol. The Morgan fingerprint density at radius 1 is 0.886 bits per heavy atom. The van der Waals surface area contributed by atoms with Crippen LogP contribution in [0.4, 0.5) is 13.2 Å². The summed E-state index contributed by atoms with van der Waals surface area (Å²) in [4.78, 5) is 8.40. The second kappa shape index (κ2) is 10.3. The predicted octanol–water partition coefficient (Wildman–Crippen LogP) is 6.69. The lowest BCUT2D eigenvalue weighted by Gasteiger charge is -2.24. The molecule has 3 aromatic carbocycles. The van der Waals surface area contributed by atoms with Gasteiger partial charge in [-0.05, 0) is 37.0 Å². The fraction of sp³-hybridized carbons (Fsp3) is 0.214. The zero-order valence-electron chi connectivity index (χ0n) is 19.5. The number of hydrogen-bond donors (Lipinski definition) is 1. The van der Waals surface area contributed by atoms with Gasteiger partial charge in [0.15, 0.2) is 0 Å². The van der Waals surface area contributed by atoms with E-state index in [0.717, 1.165) is 23.1 Å². The van der Waals surface area contributed by atoms with Gasteiger partial charge in [0.25, 0.3) is 0 Å². The fourth-order valence-electron chi connectivity index (χ4n) is 3.94. The minimum Gasteiger partial charge on any atom is -0.459 e. The molecule has 0 aliphatic rings. The van der Waals surface area contributed by atoms with Gasteiger partial charge in [0.05, 0.1) is 18.1 Å². The van der Waals surface area contributed by atoms with Gasteiger partial charge in [-0.25, -0.2) is 9.97 Å². The molecule has 4 aromatic rings. The second-order valence-corrected chi connectivity index (χ2v) is 8.61. The third-order valence-corrected chi connectivity index (χ3v) is 5.54. The summed E-state index contributed by atoms with van der Waals surface area (Å²) in [5.74, 6) is -0.205. The van der Waals surface area contributed by atoms with Crippen LogP contribution >= 0.6 is 0 Å². The van der Waals surface area contributed by atoms with Crippen molar-refractivity contribution in [1.29, 1.82) is 0 Å². The highest BCUT2D eigenvalue weighted by Crippen LogP contribution is 2.40. The highest BCUT2D eigenvalue weighted by molar-refractivity contribution is 5.68. The van der Waals surface area contributed by atoms with E-state index in [4.69, 9.17) is 10.5 Å². The molecule has 4 nitrogen and oxygen atoms in total. The molecular formula is C28H26F3N3O. The summed E-state index contributed by atoms with van der Waals surface area (Å²) in [5.41, 5.74) is 10.4. The molecule has 0 bridgehead atoms. The van der Waals surface area contributed by atoms with E-state index in [-0.39, 0.29) is 17.5 Å². The van der Waals surface area contributed by atoms with E-state index in [0.29, 0.717) is 16.8 Å². The summed E-state index contributed by atoms with van der Waals surface area (Å²) in [6.45, 7) is 3.83. The summed E-state index contributed by atoms with van der Waals surface area (Å²) in [5, 5.41) is 0. The third kappa shape index (κ3) is 6.05. The lowest BCUT2D eigenvalue weighted by Crippen LogP contribution is -2.27. The van der Waals surface area contributed by atoms with Crippen LogP contribution in [0.15, 0.2) is 85.2 Å². The van der Waals surface area contributed by atoms with E-state index in [2.05, 4.69) is 9.97 Å². The van der Waals surface area contributed by atoms with Gasteiger partial charge in [-0.15, -0.1) is 0 Å². The Balaban J connectivity index is 1.61. The first-order valence-corrected chi connectivity index (χ1v) is 11.3. The second-order valence-electron chi connectivity index (χ2n) is 8.61. The SMILES string of the molecule is Cc1cccc(-c2ccccc2C(Oc2cnc(-c3ccc(C[C@H](C)N)cc3)cn2)C(F)(F)F)c1. The van der Waals surface area contributed by atoms with Crippen molar-refractivity contribution in [3.8, 4) is 28.3 Å². The number of hydrogen-bond acceptors (Lipinski definition) is 4. The van der Waals surface area contributed by atoms with Crippen LogP contribution in [0.3, 0.4) is 0 Å². The summed E-state index contributed by atoms with van der Waals surface area (Å²) >= 11 is 0. The van der Waals surface area contributed by atoms with E-state index < -0.39 is 12.3 Å². The minimum atomic E-state index is -4.66. The Bertz CT molecular complexity index is 1270. The van der Waals surface area contributed by atoms with Crippen LogP contribution in [-0.2, 0) is 6.42 Å². The maximum absolute atomic E-state index is 14.2. The average Bonchev–Trinajstić information content (AvgIpc) is 2.82. The topological polar surface area (TPSA) is 61.0 Å². The molecular weight excluding hydrogens is 451 g/mol. The summed E-state index contributed by atoms with van der Waals surface area (Å²) in [6, 6.07) is 21.5. The van der Waals surface area contributed by atoms with Crippen LogP contribution < -0.4 is 10.5 Å². The summed E-state index contributed by atoms with van der Waals surface area (Å²) < 4.78 is 47.9. The summed E-state index contributed by atoms with van der Waals surface area (Å²) in [6.07, 6.45) is -3.47. The van der Waals surface area contributed by atoms with Gasteiger partial charge < -0.3 is 10.5 Å². The maximum atomic E-state index is 14.2. The van der Waals surface area contributed by atoms with Crippen molar-refractivity contribution in [2.24, 2.45) is 5.73 Å². The van der Waals surface area contributed by atoms with Crippen molar-refractivity contribution in [2.75, 3.05) is 0 Å². The molecule has 0 aliphatic carbocycles. The van der Waals surface area contributed by atoms with Crippen molar-refractivity contribution in [3.05, 3.63) is 102 Å². The van der Waals surface area contributed by atoms with Gasteiger partial charge in [-0.2, -0.15) is 13.2 Å². The van der Waals surface area contributed by atoms with Crippen LogP contribution in [0.1, 0.15) is 29.7 Å². The molecule has 180 valence electrons. The maximum Gasteiger partial charge on any atom is 0.429 e. The van der Waals surface area contributed by atoms with Crippen molar-refractivity contribution >= 4 is 0 Å². The Morgan fingerprint density at radius 2 is 1.63 bits per heavy atom. The Hall–Kier alpha value is -3.71. The van der Waals surface area contributed by atoms with Crippen molar-refractivity contribution in [2.45, 2.75) is 38.6 Å². The molecule has 0 aliphatic heterocycles. The number of halogens is 3. The highest BCUT2D eigenvalue weighted by Gasteiger charge is 2.44. The molecule has 7 heteroatoms. The Morgan fingerprint density at radius 3 is 2.26 bits per heavy atom. The van der Waals surface area contributed by atoms with Gasteiger partial charge in [-0.3, -0.25) is 0 Å². The molecule has 0 radical (unpaired) electrons. The monoisotopic (exact) mass is 477 g/mol. The van der Waals surface area contributed by atoms with E-state index in [1.165, 1.54) is 18.5 Å². The molecule has 2 N–H and O–H groups in total. The third-order valence-electron chi connectivity index (χ3n) is 5.54.